The SMILES string of the molecule is CN(CCC#N)c1ncnc2c1cnn2-c1ccccc1. The molecular formula is C15H14N6. The number of fused-ring (bicyclic) bond motifs is 1. The Morgan fingerprint density at radius 1 is 1.24 bits per heavy atom. The summed E-state index contributed by atoms with van der Waals surface area (Å²) in [5.74, 6) is 0.789. The van der Waals surface area contributed by atoms with Crippen LogP contribution in [0.2, 0.25) is 0 Å². The predicted molar refractivity (Wildman–Crippen MR) is 80.2 cm³/mol. The number of hydrogen-bond acceptors (Lipinski definition) is 5. The van der Waals surface area contributed by atoms with Crippen LogP contribution in [0.5, 0.6) is 0 Å². The lowest BCUT2D eigenvalue weighted by atomic mass is 10.3. The maximum absolute atomic E-state index is 8.70. The van der Waals surface area contributed by atoms with Gasteiger partial charge in [0.1, 0.15) is 12.1 Å². The first-order chi connectivity index (χ1) is 10.3. The molecule has 0 fully saturated rings. The van der Waals surface area contributed by atoms with Gasteiger partial charge in [0.2, 0.25) is 0 Å². The number of benzene rings is 1. The minimum absolute atomic E-state index is 0.453. The fourth-order valence-electron chi connectivity index (χ4n) is 2.22. The molecule has 1 aromatic carbocycles. The minimum atomic E-state index is 0.453. The summed E-state index contributed by atoms with van der Waals surface area (Å²) in [4.78, 5) is 10.6. The molecular weight excluding hydrogens is 264 g/mol. The van der Waals surface area contributed by atoms with E-state index in [1.54, 1.807) is 10.9 Å². The summed E-state index contributed by atoms with van der Waals surface area (Å²) in [6, 6.07) is 12.0. The van der Waals surface area contributed by atoms with Crippen molar-refractivity contribution in [2.75, 3.05) is 18.5 Å². The minimum Gasteiger partial charge on any atom is -0.358 e. The van der Waals surface area contributed by atoms with Gasteiger partial charge in [0.05, 0.1) is 29.8 Å². The van der Waals surface area contributed by atoms with Crippen LogP contribution in [0.25, 0.3) is 16.7 Å². The number of aromatic nitrogens is 4. The Kier molecular flexibility index (Phi) is 3.48. The standard InChI is InChI=1S/C15H14N6/c1-20(9-5-8-16)14-13-10-19-21(15(13)18-11-17-14)12-6-3-2-4-7-12/h2-4,6-7,10-11H,5,9H2,1H3. The second-order valence-electron chi connectivity index (χ2n) is 4.66. The van der Waals surface area contributed by atoms with Gasteiger partial charge in [-0.2, -0.15) is 10.4 Å². The molecule has 0 radical (unpaired) electrons. The van der Waals surface area contributed by atoms with E-state index >= 15 is 0 Å². The molecule has 6 nitrogen and oxygen atoms in total. The van der Waals surface area contributed by atoms with Crippen molar-refractivity contribution in [2.24, 2.45) is 0 Å². The maximum atomic E-state index is 8.70. The van der Waals surface area contributed by atoms with Crippen LogP contribution in [0.4, 0.5) is 5.82 Å². The molecule has 2 heterocycles. The number of hydrogen-bond donors (Lipinski definition) is 0. The van der Waals surface area contributed by atoms with E-state index in [4.69, 9.17) is 5.26 Å². The van der Waals surface area contributed by atoms with E-state index < -0.39 is 0 Å². The normalized spacial score (nSPS) is 10.5. The molecule has 0 amide bonds. The van der Waals surface area contributed by atoms with Gasteiger partial charge in [0.15, 0.2) is 5.65 Å². The molecule has 0 atom stereocenters. The van der Waals surface area contributed by atoms with Gasteiger partial charge in [0.25, 0.3) is 0 Å². The van der Waals surface area contributed by atoms with Crippen LogP contribution in [0.3, 0.4) is 0 Å². The average molecular weight is 278 g/mol. The van der Waals surface area contributed by atoms with Crippen LogP contribution in [-0.4, -0.2) is 33.3 Å². The predicted octanol–water partition coefficient (Wildman–Crippen LogP) is 2.17. The summed E-state index contributed by atoms with van der Waals surface area (Å²) in [5.41, 5.74) is 1.71. The van der Waals surface area contributed by atoms with Gasteiger partial charge in [-0.05, 0) is 12.1 Å². The number of para-hydroxylation sites is 1. The molecule has 104 valence electrons. The topological polar surface area (TPSA) is 70.6 Å². The van der Waals surface area contributed by atoms with Crippen LogP contribution in [0.1, 0.15) is 6.42 Å². The van der Waals surface area contributed by atoms with Crippen molar-refractivity contribution in [3.63, 3.8) is 0 Å². The van der Waals surface area contributed by atoms with Gasteiger partial charge >= 0.3 is 0 Å². The highest BCUT2D eigenvalue weighted by molar-refractivity contribution is 5.87. The summed E-state index contributed by atoms with van der Waals surface area (Å²) in [6.07, 6.45) is 3.75. The Balaban J connectivity index is 2.07. The highest BCUT2D eigenvalue weighted by Gasteiger charge is 2.13. The summed E-state index contributed by atoms with van der Waals surface area (Å²) >= 11 is 0. The van der Waals surface area contributed by atoms with E-state index in [1.165, 1.54) is 6.33 Å². The number of nitriles is 1. The van der Waals surface area contributed by atoms with Crippen LogP contribution in [0, 0.1) is 11.3 Å². The van der Waals surface area contributed by atoms with Gasteiger partial charge in [-0.25, -0.2) is 14.6 Å². The van der Waals surface area contributed by atoms with Crippen molar-refractivity contribution in [1.29, 1.82) is 5.26 Å². The molecule has 3 rings (SSSR count). The van der Waals surface area contributed by atoms with Crippen LogP contribution >= 0.6 is 0 Å². The molecule has 0 saturated heterocycles. The molecule has 21 heavy (non-hydrogen) atoms. The highest BCUT2D eigenvalue weighted by Crippen LogP contribution is 2.23. The number of anilines is 1. The molecule has 0 saturated carbocycles. The maximum Gasteiger partial charge on any atom is 0.168 e. The van der Waals surface area contributed by atoms with Crippen molar-refractivity contribution in [3.05, 3.63) is 42.9 Å². The first kappa shape index (κ1) is 13.1. The average Bonchev–Trinajstić information content (AvgIpc) is 2.97. The van der Waals surface area contributed by atoms with Crippen molar-refractivity contribution in [3.8, 4) is 11.8 Å². The second-order valence-corrected chi connectivity index (χ2v) is 4.66. The molecule has 0 N–H and O–H groups in total. The van der Waals surface area contributed by atoms with E-state index in [0.29, 0.717) is 13.0 Å². The molecule has 0 bridgehead atoms. The van der Waals surface area contributed by atoms with Gasteiger partial charge in [0, 0.05) is 13.6 Å². The molecule has 2 aromatic heterocycles. The monoisotopic (exact) mass is 278 g/mol. The van der Waals surface area contributed by atoms with E-state index in [-0.39, 0.29) is 0 Å². The van der Waals surface area contributed by atoms with E-state index in [1.807, 2.05) is 42.3 Å². The third-order valence-corrected chi connectivity index (χ3v) is 3.27. The van der Waals surface area contributed by atoms with E-state index in [0.717, 1.165) is 22.5 Å². The summed E-state index contributed by atoms with van der Waals surface area (Å²) < 4.78 is 1.79. The second kappa shape index (κ2) is 5.59. The summed E-state index contributed by atoms with van der Waals surface area (Å²) in [5, 5.41) is 14.0. The van der Waals surface area contributed by atoms with Crippen molar-refractivity contribution in [2.45, 2.75) is 6.42 Å². The molecule has 3 aromatic rings. The van der Waals surface area contributed by atoms with Crippen molar-refractivity contribution in [1.82, 2.24) is 19.7 Å². The van der Waals surface area contributed by atoms with Crippen molar-refractivity contribution >= 4 is 16.9 Å². The van der Waals surface area contributed by atoms with Crippen LogP contribution in [0.15, 0.2) is 42.9 Å². The number of rotatable bonds is 4. The number of nitrogens with zero attached hydrogens (tertiary/aromatic N) is 6. The zero-order chi connectivity index (χ0) is 14.7. The smallest absolute Gasteiger partial charge is 0.168 e. The lowest BCUT2D eigenvalue weighted by Crippen LogP contribution is -2.19. The third kappa shape index (κ3) is 2.41. The molecule has 6 heteroatoms. The van der Waals surface area contributed by atoms with Gasteiger partial charge in [-0.3, -0.25) is 0 Å². The van der Waals surface area contributed by atoms with Crippen LogP contribution in [-0.2, 0) is 0 Å². The first-order valence-electron chi connectivity index (χ1n) is 6.63. The lowest BCUT2D eigenvalue weighted by molar-refractivity contribution is 0.880. The van der Waals surface area contributed by atoms with Gasteiger partial charge in [-0.15, -0.1) is 0 Å². The first-order valence-corrected chi connectivity index (χ1v) is 6.63. The van der Waals surface area contributed by atoms with Crippen molar-refractivity contribution < 1.29 is 0 Å². The van der Waals surface area contributed by atoms with E-state index in [9.17, 15) is 0 Å². The zero-order valence-corrected chi connectivity index (χ0v) is 11.6. The Morgan fingerprint density at radius 2 is 2.05 bits per heavy atom. The highest BCUT2D eigenvalue weighted by atomic mass is 15.3. The molecule has 0 aliphatic rings. The largest absolute Gasteiger partial charge is 0.358 e. The molecule has 0 aliphatic heterocycles. The molecule has 0 unspecified atom stereocenters. The Bertz CT molecular complexity index is 787. The fraction of sp³-hybridized carbons (Fsp3) is 0.200. The van der Waals surface area contributed by atoms with Gasteiger partial charge in [-0.1, -0.05) is 18.2 Å². The van der Waals surface area contributed by atoms with Gasteiger partial charge < -0.3 is 4.90 Å². The Morgan fingerprint density at radius 3 is 2.81 bits per heavy atom. The molecule has 0 aliphatic carbocycles. The quantitative estimate of drug-likeness (QED) is 0.731. The summed E-state index contributed by atoms with van der Waals surface area (Å²) in [7, 11) is 1.92. The summed E-state index contributed by atoms with van der Waals surface area (Å²) in [6.45, 7) is 0.624. The van der Waals surface area contributed by atoms with Crippen LogP contribution < -0.4 is 4.90 Å². The molecule has 0 spiro atoms. The lowest BCUT2D eigenvalue weighted by Gasteiger charge is -2.16. The van der Waals surface area contributed by atoms with E-state index in [2.05, 4.69) is 21.1 Å². The third-order valence-electron chi connectivity index (χ3n) is 3.27. The Hall–Kier alpha value is -2.94. The zero-order valence-electron chi connectivity index (χ0n) is 11.6. The fourth-order valence-corrected chi connectivity index (χ4v) is 2.22. The Labute approximate surface area is 122 Å².